The summed E-state index contributed by atoms with van der Waals surface area (Å²) in [4.78, 5) is 43.0. The number of hydrogen-bond acceptors (Lipinski definition) is 4. The number of rotatable bonds is 4. The minimum atomic E-state index is -0.371. The van der Waals surface area contributed by atoms with Gasteiger partial charge < -0.3 is 10.2 Å². The van der Waals surface area contributed by atoms with E-state index in [1.54, 1.807) is 35.2 Å². The molecule has 0 radical (unpaired) electrons. The number of Topliss-reactive ketones (excluding diaryl/α,β-unsaturated/α-hetero) is 1. The molecular weight excluding hydrogens is 366 g/mol. The molecule has 4 rings (SSSR count). The number of carbonyl (C=O) groups excluding carboxylic acids is 3. The highest BCUT2D eigenvalue weighted by Crippen LogP contribution is 2.28. The lowest BCUT2D eigenvalue weighted by atomic mass is 10.1. The Hall–Kier alpha value is -3.80. The maximum atomic E-state index is 13.0. The predicted octanol–water partition coefficient (Wildman–Crippen LogP) is 3.74. The van der Waals surface area contributed by atoms with Crippen molar-refractivity contribution in [1.82, 2.24) is 4.98 Å². The van der Waals surface area contributed by atoms with Crippen LogP contribution >= 0.6 is 0 Å². The normalized spacial score (nSPS) is 12.4. The lowest BCUT2D eigenvalue weighted by Gasteiger charge is -2.17. The van der Waals surface area contributed by atoms with Gasteiger partial charge in [-0.15, -0.1) is 0 Å². The number of pyridine rings is 1. The van der Waals surface area contributed by atoms with Gasteiger partial charge in [-0.25, -0.2) is 0 Å². The van der Waals surface area contributed by atoms with E-state index < -0.39 is 0 Å². The first-order valence-corrected chi connectivity index (χ1v) is 9.31. The van der Waals surface area contributed by atoms with E-state index in [2.05, 4.69) is 10.3 Å². The Morgan fingerprint density at radius 2 is 1.79 bits per heavy atom. The van der Waals surface area contributed by atoms with E-state index in [1.165, 1.54) is 19.2 Å². The molecule has 1 aliphatic heterocycles. The van der Waals surface area contributed by atoms with Gasteiger partial charge in [0, 0.05) is 35.2 Å². The summed E-state index contributed by atoms with van der Waals surface area (Å²) in [5.74, 6) is -0.684. The molecule has 2 heterocycles. The molecule has 144 valence electrons. The van der Waals surface area contributed by atoms with Gasteiger partial charge in [-0.3, -0.25) is 19.4 Å². The molecule has 0 spiro atoms. The summed E-state index contributed by atoms with van der Waals surface area (Å²) in [7, 11) is 0. The molecule has 29 heavy (non-hydrogen) atoms. The van der Waals surface area contributed by atoms with Crippen molar-refractivity contribution in [3.05, 3.63) is 89.2 Å². The Bertz CT molecular complexity index is 1120. The van der Waals surface area contributed by atoms with Crippen LogP contribution in [0.15, 0.2) is 66.9 Å². The van der Waals surface area contributed by atoms with Crippen molar-refractivity contribution in [1.29, 1.82) is 0 Å². The number of benzene rings is 2. The molecule has 1 aliphatic rings. The van der Waals surface area contributed by atoms with Crippen LogP contribution in [-0.4, -0.2) is 29.1 Å². The van der Waals surface area contributed by atoms with Crippen LogP contribution in [0.5, 0.6) is 0 Å². The third-order valence-corrected chi connectivity index (χ3v) is 4.90. The molecule has 0 atom stereocenters. The number of hydrogen-bond donors (Lipinski definition) is 1. The fraction of sp³-hybridized carbons (Fsp3) is 0.130. The van der Waals surface area contributed by atoms with Crippen LogP contribution in [0.1, 0.15) is 43.7 Å². The van der Waals surface area contributed by atoms with E-state index in [0.29, 0.717) is 23.4 Å². The van der Waals surface area contributed by atoms with Crippen molar-refractivity contribution in [2.75, 3.05) is 16.8 Å². The number of anilines is 2. The summed E-state index contributed by atoms with van der Waals surface area (Å²) in [5.41, 5.74) is 3.58. The van der Waals surface area contributed by atoms with Crippen LogP contribution < -0.4 is 10.2 Å². The molecule has 1 N–H and O–H groups in total. The molecule has 6 nitrogen and oxygen atoms in total. The van der Waals surface area contributed by atoms with Crippen molar-refractivity contribution in [2.24, 2.45) is 0 Å². The smallest absolute Gasteiger partial charge is 0.276 e. The van der Waals surface area contributed by atoms with E-state index in [4.69, 9.17) is 0 Å². The Morgan fingerprint density at radius 1 is 0.966 bits per heavy atom. The molecule has 3 aromatic rings. The second kappa shape index (κ2) is 7.67. The zero-order valence-electron chi connectivity index (χ0n) is 15.9. The van der Waals surface area contributed by atoms with Crippen LogP contribution in [0, 0.1) is 0 Å². The number of ketones is 1. The summed E-state index contributed by atoms with van der Waals surface area (Å²) < 4.78 is 0. The summed E-state index contributed by atoms with van der Waals surface area (Å²) in [6.07, 6.45) is 2.25. The first-order valence-electron chi connectivity index (χ1n) is 9.31. The highest BCUT2D eigenvalue weighted by atomic mass is 16.2. The fourth-order valence-electron chi connectivity index (χ4n) is 3.40. The number of carbonyl (C=O) groups is 3. The number of para-hydroxylation sites is 1. The molecule has 0 unspecified atom stereocenters. The van der Waals surface area contributed by atoms with Crippen LogP contribution in [0.3, 0.4) is 0 Å². The highest BCUT2D eigenvalue weighted by molar-refractivity contribution is 6.09. The van der Waals surface area contributed by atoms with Crippen LogP contribution in [0.4, 0.5) is 11.4 Å². The third kappa shape index (κ3) is 3.78. The number of aromatic nitrogens is 1. The summed E-state index contributed by atoms with van der Waals surface area (Å²) in [6.45, 7) is 2.06. The van der Waals surface area contributed by atoms with E-state index in [0.717, 1.165) is 17.7 Å². The SMILES string of the molecule is CC(=O)c1cccc(NC(=O)c2ccnc(C(=O)N3CCc4ccccc43)c2)c1. The van der Waals surface area contributed by atoms with Crippen molar-refractivity contribution < 1.29 is 14.4 Å². The Kier molecular flexibility index (Phi) is 4.91. The second-order valence-electron chi connectivity index (χ2n) is 6.86. The van der Waals surface area contributed by atoms with Gasteiger partial charge in [-0.05, 0) is 49.2 Å². The monoisotopic (exact) mass is 385 g/mol. The number of nitrogens with zero attached hydrogens (tertiary/aromatic N) is 2. The minimum absolute atomic E-state index is 0.0798. The van der Waals surface area contributed by atoms with Crippen molar-refractivity contribution >= 4 is 29.0 Å². The van der Waals surface area contributed by atoms with Gasteiger partial charge in [-0.2, -0.15) is 0 Å². The molecule has 1 aromatic heterocycles. The molecule has 0 saturated carbocycles. The number of amides is 2. The van der Waals surface area contributed by atoms with Crippen LogP contribution in [0.2, 0.25) is 0 Å². The van der Waals surface area contributed by atoms with Gasteiger partial charge in [0.25, 0.3) is 11.8 Å². The van der Waals surface area contributed by atoms with Gasteiger partial charge in [-0.1, -0.05) is 30.3 Å². The molecule has 0 fully saturated rings. The third-order valence-electron chi connectivity index (χ3n) is 4.90. The molecular formula is C23H19N3O3. The van der Waals surface area contributed by atoms with Gasteiger partial charge in [0.15, 0.2) is 5.78 Å². The molecule has 6 heteroatoms. The summed E-state index contributed by atoms with van der Waals surface area (Å²) in [6, 6.07) is 17.6. The van der Waals surface area contributed by atoms with E-state index in [-0.39, 0.29) is 23.3 Å². The van der Waals surface area contributed by atoms with Crippen LogP contribution in [-0.2, 0) is 6.42 Å². The standard InChI is InChI=1S/C23H19N3O3/c1-15(27)17-6-4-7-19(13-17)25-22(28)18-9-11-24-20(14-18)23(29)26-12-10-16-5-2-3-8-21(16)26/h2-9,11,13-14H,10,12H2,1H3,(H,25,28). The maximum absolute atomic E-state index is 13.0. The molecule has 2 amide bonds. The lowest BCUT2D eigenvalue weighted by Crippen LogP contribution is -2.30. The highest BCUT2D eigenvalue weighted by Gasteiger charge is 2.26. The lowest BCUT2D eigenvalue weighted by molar-refractivity contribution is 0.0982. The Balaban J connectivity index is 1.54. The quantitative estimate of drug-likeness (QED) is 0.694. The van der Waals surface area contributed by atoms with Gasteiger partial charge >= 0.3 is 0 Å². The minimum Gasteiger partial charge on any atom is -0.322 e. The first kappa shape index (κ1) is 18.6. The molecule has 0 bridgehead atoms. The van der Waals surface area contributed by atoms with Crippen LogP contribution in [0.25, 0.3) is 0 Å². The topological polar surface area (TPSA) is 79.4 Å². The van der Waals surface area contributed by atoms with Crippen molar-refractivity contribution in [3.8, 4) is 0 Å². The second-order valence-corrected chi connectivity index (χ2v) is 6.86. The summed E-state index contributed by atoms with van der Waals surface area (Å²) >= 11 is 0. The Labute approximate surface area is 168 Å². The molecule has 0 aliphatic carbocycles. The largest absolute Gasteiger partial charge is 0.322 e. The Morgan fingerprint density at radius 3 is 2.62 bits per heavy atom. The fourth-order valence-corrected chi connectivity index (χ4v) is 3.40. The average molecular weight is 385 g/mol. The van der Waals surface area contributed by atoms with E-state index >= 15 is 0 Å². The zero-order valence-corrected chi connectivity index (χ0v) is 15.9. The van der Waals surface area contributed by atoms with Gasteiger partial charge in [0.2, 0.25) is 0 Å². The maximum Gasteiger partial charge on any atom is 0.276 e. The predicted molar refractivity (Wildman–Crippen MR) is 110 cm³/mol. The average Bonchev–Trinajstić information content (AvgIpc) is 3.17. The van der Waals surface area contributed by atoms with Crippen molar-refractivity contribution in [3.63, 3.8) is 0 Å². The molecule has 0 saturated heterocycles. The van der Waals surface area contributed by atoms with E-state index in [1.807, 2.05) is 24.3 Å². The van der Waals surface area contributed by atoms with Crippen molar-refractivity contribution in [2.45, 2.75) is 13.3 Å². The zero-order chi connectivity index (χ0) is 20.4. The van der Waals surface area contributed by atoms with E-state index in [9.17, 15) is 14.4 Å². The molecule has 2 aromatic carbocycles. The summed E-state index contributed by atoms with van der Waals surface area (Å²) in [5, 5.41) is 2.76. The number of fused-ring (bicyclic) bond motifs is 1. The number of nitrogens with one attached hydrogen (secondary N) is 1. The van der Waals surface area contributed by atoms with Gasteiger partial charge in [0.1, 0.15) is 5.69 Å². The first-order chi connectivity index (χ1) is 14.0. The van der Waals surface area contributed by atoms with Gasteiger partial charge in [0.05, 0.1) is 0 Å².